The Morgan fingerprint density at radius 3 is 1.78 bits per heavy atom. The summed E-state index contributed by atoms with van der Waals surface area (Å²) in [6.07, 6.45) is -7.20. The van der Waals surface area contributed by atoms with Crippen LogP contribution in [-0.4, -0.2) is 208 Å². The number of aromatic amines is 1. The third-order valence-electron chi connectivity index (χ3n) is 15.8. The van der Waals surface area contributed by atoms with Crippen LogP contribution in [-0.2, 0) is 86.2 Å². The van der Waals surface area contributed by atoms with Crippen molar-refractivity contribution < 1.29 is 94.8 Å². The number of para-hydroxylation sites is 1. The SMILES string of the molecule is COc1ccc(C(OC(C(=O)COc2ccccc2)[C@H]2O[C@@H](n3cnc4c(=O)[nH]c(N)nc43)C[C@@H]2OP(CCOCCOCCOCCOCCO[C@@H]2O[C@H](COC(C)=O)[C@H](OC(C)=O)[C@H](OC(C)=O)[C@H]2NC(C)=O)N(C(C)C)C(C)C)(c2ccccc2)c2ccc(OC)cc2)cc1. The predicted molar refractivity (Wildman–Crippen MR) is 357 cm³/mol. The minimum Gasteiger partial charge on any atom is -0.497 e. The average Bonchev–Trinajstić information content (AvgIpc) is 1.05. The predicted octanol–water partition coefficient (Wildman–Crippen LogP) is 6.59. The molecule has 2 aliphatic heterocycles. The second kappa shape index (κ2) is 37.3. The zero-order valence-electron chi connectivity index (χ0n) is 56.9. The van der Waals surface area contributed by atoms with E-state index in [0.29, 0.717) is 40.1 Å². The molecule has 2 saturated heterocycles. The van der Waals surface area contributed by atoms with Crippen LogP contribution in [0.4, 0.5) is 5.95 Å². The lowest BCUT2D eigenvalue weighted by molar-refractivity contribution is -0.279. The van der Waals surface area contributed by atoms with Gasteiger partial charge in [0.2, 0.25) is 17.6 Å². The van der Waals surface area contributed by atoms with E-state index >= 15 is 4.79 Å². The van der Waals surface area contributed by atoms with E-state index in [-0.39, 0.29) is 102 Å². The van der Waals surface area contributed by atoms with Crippen molar-refractivity contribution >= 4 is 55.0 Å². The standard InChI is InChI=1S/C69H90N7O21P/c1-43(2)76(44(3)4)98(38-37-88-34-33-86-30-29-85-31-32-87-35-36-89-67-59(72-45(5)77)64(93-48(8)80)63(92-47(7)79)57(94-67)41-90-46(6)78)97-56-39-58(75-42-71-60-65(75)73-68(70)74-66(60)82)95-62(56)61(55(81)40-91-54-19-15-12-16-20-54)96-69(49-17-13-11-14-18-49,50-21-25-52(83-9)26-22-50)51-23-27-53(84-10)28-24-51/h11-28,42-44,56-59,61-64,67H,29-41H2,1-10H3,(H,72,77)(H3,70,73,74,82)/t56-,57+,58+,59+,61?,62-,63-,64+,67+,98?/m0/s1. The molecule has 0 saturated carbocycles. The van der Waals surface area contributed by atoms with Crippen molar-refractivity contribution in [1.29, 1.82) is 0 Å². The molecule has 2 unspecified atom stereocenters. The number of ketones is 1. The molecule has 4 aromatic carbocycles. The second-order valence-electron chi connectivity index (χ2n) is 23.5. The third kappa shape index (κ3) is 20.6. The molecule has 0 aliphatic carbocycles. The Balaban J connectivity index is 0.952. The van der Waals surface area contributed by atoms with Crippen molar-refractivity contribution in [3.63, 3.8) is 0 Å². The molecule has 2 aromatic heterocycles. The number of methoxy groups -OCH3 is 2. The molecule has 8 rings (SSSR count). The normalized spacial score (nSPS) is 20.1. The Morgan fingerprint density at radius 2 is 1.23 bits per heavy atom. The molecule has 98 heavy (non-hydrogen) atoms. The number of H-pyrrole nitrogens is 1. The number of benzene rings is 4. The highest BCUT2D eigenvalue weighted by Gasteiger charge is 2.53. The Labute approximate surface area is 570 Å². The van der Waals surface area contributed by atoms with Crippen LogP contribution in [0.15, 0.2) is 120 Å². The number of hydrogen-bond donors (Lipinski definition) is 3. The van der Waals surface area contributed by atoms with Crippen molar-refractivity contribution in [2.45, 2.75) is 135 Å². The number of esters is 3. The molecule has 2 aliphatic rings. The lowest BCUT2D eigenvalue weighted by Crippen LogP contribution is -2.66. The van der Waals surface area contributed by atoms with E-state index in [4.69, 9.17) is 76.6 Å². The van der Waals surface area contributed by atoms with Crippen LogP contribution in [0.2, 0.25) is 0 Å². The molecule has 532 valence electrons. The maximum Gasteiger partial charge on any atom is 0.303 e. The van der Waals surface area contributed by atoms with E-state index in [0.717, 1.165) is 13.8 Å². The molecule has 28 nitrogen and oxygen atoms in total. The molecule has 4 heterocycles. The van der Waals surface area contributed by atoms with Gasteiger partial charge in [0.15, 0.2) is 35.8 Å². The largest absolute Gasteiger partial charge is 0.497 e. The van der Waals surface area contributed by atoms with Crippen molar-refractivity contribution in [2.24, 2.45) is 0 Å². The molecule has 2 fully saturated rings. The van der Waals surface area contributed by atoms with Gasteiger partial charge in [-0.2, -0.15) is 4.98 Å². The number of imidazole rings is 1. The zero-order valence-corrected chi connectivity index (χ0v) is 57.8. The summed E-state index contributed by atoms with van der Waals surface area (Å²) in [7, 11) is 1.63. The van der Waals surface area contributed by atoms with Gasteiger partial charge in [0.05, 0.1) is 86.1 Å². The van der Waals surface area contributed by atoms with Gasteiger partial charge in [-0.25, -0.2) is 4.98 Å². The summed E-state index contributed by atoms with van der Waals surface area (Å²) in [5, 5.41) is 2.66. The highest BCUT2D eigenvalue weighted by Crippen LogP contribution is 2.51. The lowest BCUT2D eigenvalue weighted by atomic mass is 9.79. The molecule has 0 spiro atoms. The first kappa shape index (κ1) is 75.8. The fraction of sp³-hybridized carbons (Fsp3) is 0.507. The molecular formula is C69H90N7O21P. The van der Waals surface area contributed by atoms with Crippen LogP contribution in [0.5, 0.6) is 17.2 Å². The average molecular weight is 1380 g/mol. The van der Waals surface area contributed by atoms with E-state index in [2.05, 4.69) is 52.6 Å². The molecular weight excluding hydrogens is 1290 g/mol. The number of rotatable bonds is 39. The molecule has 0 bridgehead atoms. The smallest absolute Gasteiger partial charge is 0.303 e. The van der Waals surface area contributed by atoms with E-state index in [1.807, 2.05) is 97.1 Å². The summed E-state index contributed by atoms with van der Waals surface area (Å²) < 4.78 is 95.7. The molecule has 1 amide bonds. The highest BCUT2D eigenvalue weighted by molar-refractivity contribution is 7.50. The summed E-state index contributed by atoms with van der Waals surface area (Å²) >= 11 is 0. The number of carbonyl (C=O) groups is 5. The summed E-state index contributed by atoms with van der Waals surface area (Å²) in [4.78, 5) is 88.8. The number of carbonyl (C=O) groups excluding carboxylic acids is 5. The number of fused-ring (bicyclic) bond motifs is 1. The molecule has 4 N–H and O–H groups in total. The van der Waals surface area contributed by atoms with Crippen molar-refractivity contribution in [2.75, 3.05) is 98.8 Å². The Kier molecular flexibility index (Phi) is 28.8. The molecule has 10 atom stereocenters. The van der Waals surface area contributed by atoms with E-state index in [1.54, 1.807) is 30.9 Å². The van der Waals surface area contributed by atoms with Crippen molar-refractivity contribution in [3.05, 3.63) is 143 Å². The van der Waals surface area contributed by atoms with Gasteiger partial charge in [0, 0.05) is 52.4 Å². The van der Waals surface area contributed by atoms with Gasteiger partial charge in [-0.15, -0.1) is 0 Å². The van der Waals surface area contributed by atoms with Crippen LogP contribution in [0.25, 0.3) is 11.2 Å². The summed E-state index contributed by atoms with van der Waals surface area (Å²) in [5.41, 5.74) is 6.32. The van der Waals surface area contributed by atoms with Gasteiger partial charge in [0.1, 0.15) is 68.8 Å². The number of nitrogens with two attached hydrogens (primary N) is 1. The first-order chi connectivity index (χ1) is 47.2. The minimum absolute atomic E-state index is 0.0124. The topological polar surface area (TPSA) is 329 Å². The number of anilines is 1. The fourth-order valence-corrected chi connectivity index (χ4v) is 14.0. The van der Waals surface area contributed by atoms with Gasteiger partial charge in [-0.05, 0) is 80.8 Å². The van der Waals surface area contributed by atoms with Crippen LogP contribution >= 0.6 is 8.30 Å². The first-order valence-corrected chi connectivity index (χ1v) is 33.8. The molecule has 0 radical (unpaired) electrons. The van der Waals surface area contributed by atoms with E-state index in [9.17, 15) is 24.0 Å². The van der Waals surface area contributed by atoms with Crippen molar-refractivity contribution in [3.8, 4) is 17.2 Å². The van der Waals surface area contributed by atoms with E-state index < -0.39 is 111 Å². The summed E-state index contributed by atoms with van der Waals surface area (Å²) in [6.45, 7) is 14.1. The van der Waals surface area contributed by atoms with E-state index in [1.165, 1.54) is 20.2 Å². The van der Waals surface area contributed by atoms with Gasteiger partial charge in [-0.1, -0.05) is 72.8 Å². The monoisotopic (exact) mass is 1380 g/mol. The van der Waals surface area contributed by atoms with Gasteiger partial charge >= 0.3 is 17.9 Å². The maximum absolute atomic E-state index is 15.7. The number of amides is 1. The molecule has 6 aromatic rings. The Morgan fingerprint density at radius 1 is 0.694 bits per heavy atom. The van der Waals surface area contributed by atoms with Gasteiger partial charge in [-0.3, -0.25) is 43.0 Å². The Hall–Kier alpha value is -7.99. The maximum atomic E-state index is 15.7. The Bertz CT molecular complexity index is 3490. The third-order valence-corrected chi connectivity index (χ3v) is 18.3. The van der Waals surface area contributed by atoms with Crippen LogP contribution in [0.3, 0.4) is 0 Å². The van der Waals surface area contributed by atoms with Gasteiger partial charge in [0.25, 0.3) is 5.56 Å². The number of aromatic nitrogens is 4. The number of ether oxygens (including phenoxy) is 14. The fourth-order valence-electron chi connectivity index (χ4n) is 11.7. The quantitative estimate of drug-likeness (QED) is 0.0120. The number of hydrogen-bond acceptors (Lipinski definition) is 25. The number of nitrogens with zero attached hydrogens (tertiary/aromatic N) is 4. The number of nitrogen functional groups attached to an aromatic ring is 1. The van der Waals surface area contributed by atoms with Crippen LogP contribution in [0, 0.1) is 0 Å². The van der Waals surface area contributed by atoms with Crippen LogP contribution < -0.4 is 30.8 Å². The second-order valence-corrected chi connectivity index (χ2v) is 25.3. The van der Waals surface area contributed by atoms with Crippen LogP contribution in [0.1, 0.15) is 84.7 Å². The highest BCUT2D eigenvalue weighted by atomic mass is 31.2. The number of nitrogens with one attached hydrogen (secondary N) is 2. The lowest BCUT2D eigenvalue weighted by Gasteiger charge is -2.44. The number of Topliss-reactive ketones (excluding diaryl/α,β-unsaturated/α-hetero) is 1. The van der Waals surface area contributed by atoms with Crippen molar-refractivity contribution in [1.82, 2.24) is 29.5 Å². The summed E-state index contributed by atoms with van der Waals surface area (Å²) in [5.74, 6) is -1.48. The first-order valence-electron chi connectivity index (χ1n) is 32.4. The molecule has 29 heteroatoms. The minimum atomic E-state index is -1.55. The summed E-state index contributed by atoms with van der Waals surface area (Å²) in [6, 6.07) is 32.5. The van der Waals surface area contributed by atoms with Gasteiger partial charge < -0.3 is 81.9 Å². The zero-order chi connectivity index (χ0) is 70.3.